The standard InChI is InChI=1S/C14H10N4O2/c19-13(17-7-5-15-9-17)11-1-2-12(4-3-11)14(20)18-8-6-16-10-18/h1-10H. The summed E-state index contributed by atoms with van der Waals surface area (Å²) in [6.45, 7) is 0. The maximum atomic E-state index is 12.0. The van der Waals surface area contributed by atoms with E-state index in [2.05, 4.69) is 9.97 Å². The Morgan fingerprint density at radius 2 is 1.15 bits per heavy atom. The molecule has 0 aliphatic carbocycles. The second-order valence-corrected chi connectivity index (χ2v) is 4.13. The van der Waals surface area contributed by atoms with Crippen LogP contribution in [0.15, 0.2) is 61.7 Å². The molecule has 0 saturated heterocycles. The maximum absolute atomic E-state index is 12.0. The van der Waals surface area contributed by atoms with Crippen molar-refractivity contribution in [2.45, 2.75) is 0 Å². The molecule has 0 bridgehead atoms. The molecule has 98 valence electrons. The smallest absolute Gasteiger partial charge is 0.263 e. The van der Waals surface area contributed by atoms with Crippen molar-refractivity contribution >= 4 is 11.8 Å². The first-order valence-corrected chi connectivity index (χ1v) is 5.91. The van der Waals surface area contributed by atoms with Crippen LogP contribution in [0.2, 0.25) is 0 Å². The zero-order valence-corrected chi connectivity index (χ0v) is 10.4. The van der Waals surface area contributed by atoms with E-state index in [9.17, 15) is 9.59 Å². The highest BCUT2D eigenvalue weighted by atomic mass is 16.2. The quantitative estimate of drug-likeness (QED) is 0.704. The fourth-order valence-electron chi connectivity index (χ4n) is 1.81. The Kier molecular flexibility index (Phi) is 2.96. The monoisotopic (exact) mass is 266 g/mol. The highest BCUT2D eigenvalue weighted by molar-refractivity contribution is 5.99. The molecule has 0 N–H and O–H groups in total. The number of carbonyl (C=O) groups excluding carboxylic acids is 2. The molecule has 0 unspecified atom stereocenters. The molecule has 0 fully saturated rings. The first-order chi connectivity index (χ1) is 9.75. The molecule has 1 aromatic carbocycles. The Morgan fingerprint density at radius 3 is 1.45 bits per heavy atom. The average Bonchev–Trinajstić information content (AvgIpc) is 3.18. The first-order valence-electron chi connectivity index (χ1n) is 5.91. The second kappa shape index (κ2) is 4.93. The molecule has 2 heterocycles. The van der Waals surface area contributed by atoms with Gasteiger partial charge in [0.1, 0.15) is 12.7 Å². The zero-order chi connectivity index (χ0) is 13.9. The van der Waals surface area contributed by atoms with Gasteiger partial charge in [0.15, 0.2) is 0 Å². The Bertz CT molecular complexity index is 663. The molecular weight excluding hydrogens is 256 g/mol. The molecule has 6 nitrogen and oxygen atoms in total. The van der Waals surface area contributed by atoms with Crippen molar-refractivity contribution in [2.75, 3.05) is 0 Å². The number of carbonyl (C=O) groups is 2. The van der Waals surface area contributed by atoms with Gasteiger partial charge in [-0.25, -0.2) is 9.97 Å². The fourth-order valence-corrected chi connectivity index (χ4v) is 1.81. The lowest BCUT2D eigenvalue weighted by Gasteiger charge is -2.04. The van der Waals surface area contributed by atoms with Crippen LogP contribution in [0.25, 0.3) is 0 Å². The topological polar surface area (TPSA) is 69.8 Å². The van der Waals surface area contributed by atoms with Crippen LogP contribution >= 0.6 is 0 Å². The van der Waals surface area contributed by atoms with Crippen LogP contribution in [-0.2, 0) is 0 Å². The highest BCUT2D eigenvalue weighted by Crippen LogP contribution is 2.08. The summed E-state index contributed by atoms with van der Waals surface area (Å²) in [5.74, 6) is -0.381. The van der Waals surface area contributed by atoms with Gasteiger partial charge in [0.2, 0.25) is 0 Å². The van der Waals surface area contributed by atoms with Crippen LogP contribution < -0.4 is 0 Å². The summed E-state index contributed by atoms with van der Waals surface area (Å²) < 4.78 is 2.76. The summed E-state index contributed by atoms with van der Waals surface area (Å²) in [6, 6.07) is 6.47. The van der Waals surface area contributed by atoms with Crippen molar-refractivity contribution in [1.29, 1.82) is 0 Å². The lowest BCUT2D eigenvalue weighted by Crippen LogP contribution is -2.12. The average molecular weight is 266 g/mol. The van der Waals surface area contributed by atoms with Crippen LogP contribution in [0, 0.1) is 0 Å². The van der Waals surface area contributed by atoms with E-state index in [1.165, 1.54) is 34.2 Å². The van der Waals surface area contributed by atoms with Gasteiger partial charge in [-0.15, -0.1) is 0 Å². The summed E-state index contributed by atoms with van der Waals surface area (Å²) in [5.41, 5.74) is 0.982. The van der Waals surface area contributed by atoms with Crippen molar-refractivity contribution in [1.82, 2.24) is 19.1 Å². The third kappa shape index (κ3) is 2.14. The number of imidazole rings is 2. The summed E-state index contributed by atoms with van der Waals surface area (Å²) >= 11 is 0. The number of aromatic nitrogens is 4. The van der Waals surface area contributed by atoms with E-state index in [1.807, 2.05) is 0 Å². The summed E-state index contributed by atoms with van der Waals surface area (Å²) in [6.07, 6.45) is 9.10. The lowest BCUT2D eigenvalue weighted by atomic mass is 10.1. The molecule has 2 aromatic heterocycles. The predicted octanol–water partition coefficient (Wildman–Crippen LogP) is 1.46. The Hall–Kier alpha value is -3.02. The molecular formula is C14H10N4O2. The SMILES string of the molecule is O=C(c1ccc(C(=O)n2ccnc2)cc1)n1ccnc1. The molecule has 20 heavy (non-hydrogen) atoms. The largest absolute Gasteiger partial charge is 0.272 e. The van der Waals surface area contributed by atoms with Crippen molar-refractivity contribution in [3.05, 3.63) is 72.8 Å². The summed E-state index contributed by atoms with van der Waals surface area (Å²) in [7, 11) is 0. The number of nitrogens with zero attached hydrogens (tertiary/aromatic N) is 4. The van der Waals surface area contributed by atoms with Gasteiger partial charge < -0.3 is 0 Å². The molecule has 6 heteroatoms. The van der Waals surface area contributed by atoms with Crippen LogP contribution in [0.1, 0.15) is 20.7 Å². The Labute approximate surface area is 114 Å². The van der Waals surface area contributed by atoms with Crippen molar-refractivity contribution in [3.63, 3.8) is 0 Å². The zero-order valence-electron chi connectivity index (χ0n) is 10.4. The van der Waals surface area contributed by atoms with E-state index in [-0.39, 0.29) is 11.8 Å². The minimum Gasteiger partial charge on any atom is -0.272 e. The van der Waals surface area contributed by atoms with Gasteiger partial charge >= 0.3 is 0 Å². The van der Waals surface area contributed by atoms with Crippen LogP contribution in [0.3, 0.4) is 0 Å². The molecule has 0 atom stereocenters. The lowest BCUT2D eigenvalue weighted by molar-refractivity contribution is 0.0948. The molecule has 0 spiro atoms. The molecule has 0 amide bonds. The molecule has 0 aliphatic heterocycles. The fraction of sp³-hybridized carbons (Fsp3) is 0. The first kappa shape index (κ1) is 12.0. The second-order valence-electron chi connectivity index (χ2n) is 4.13. The third-order valence-electron chi connectivity index (χ3n) is 2.86. The molecule has 3 aromatic rings. The molecule has 0 saturated carbocycles. The summed E-state index contributed by atoms with van der Waals surface area (Å²) in [4.78, 5) is 31.7. The molecule has 0 aliphatic rings. The number of hydrogen-bond acceptors (Lipinski definition) is 4. The number of hydrogen-bond donors (Lipinski definition) is 0. The Morgan fingerprint density at radius 1 is 0.750 bits per heavy atom. The van der Waals surface area contributed by atoms with Gasteiger partial charge in [-0.1, -0.05) is 0 Å². The summed E-state index contributed by atoms with van der Waals surface area (Å²) in [5, 5.41) is 0. The highest BCUT2D eigenvalue weighted by Gasteiger charge is 2.11. The van der Waals surface area contributed by atoms with Crippen molar-refractivity contribution < 1.29 is 9.59 Å². The van der Waals surface area contributed by atoms with E-state index in [0.29, 0.717) is 11.1 Å². The number of benzene rings is 1. The predicted molar refractivity (Wildman–Crippen MR) is 70.4 cm³/mol. The van der Waals surface area contributed by atoms with E-state index in [0.717, 1.165) is 0 Å². The van der Waals surface area contributed by atoms with Gasteiger partial charge in [0, 0.05) is 35.9 Å². The van der Waals surface area contributed by atoms with Crippen LogP contribution in [-0.4, -0.2) is 30.9 Å². The van der Waals surface area contributed by atoms with Gasteiger partial charge in [0.25, 0.3) is 11.8 Å². The van der Waals surface area contributed by atoms with Crippen molar-refractivity contribution in [3.8, 4) is 0 Å². The van der Waals surface area contributed by atoms with E-state index >= 15 is 0 Å². The van der Waals surface area contributed by atoms with Crippen LogP contribution in [0.5, 0.6) is 0 Å². The molecule has 3 rings (SSSR count). The van der Waals surface area contributed by atoms with Gasteiger partial charge in [-0.3, -0.25) is 18.7 Å². The number of rotatable bonds is 2. The van der Waals surface area contributed by atoms with E-state index in [1.54, 1.807) is 36.7 Å². The maximum Gasteiger partial charge on any atom is 0.263 e. The minimum atomic E-state index is -0.191. The van der Waals surface area contributed by atoms with E-state index < -0.39 is 0 Å². The van der Waals surface area contributed by atoms with Crippen molar-refractivity contribution in [2.24, 2.45) is 0 Å². The van der Waals surface area contributed by atoms with Gasteiger partial charge in [-0.05, 0) is 24.3 Å². The van der Waals surface area contributed by atoms with E-state index in [4.69, 9.17) is 0 Å². The normalized spacial score (nSPS) is 10.4. The Balaban J connectivity index is 1.85. The van der Waals surface area contributed by atoms with Gasteiger partial charge in [0.05, 0.1) is 0 Å². The minimum absolute atomic E-state index is 0.191. The molecule has 0 radical (unpaired) electrons. The van der Waals surface area contributed by atoms with Gasteiger partial charge in [-0.2, -0.15) is 0 Å². The van der Waals surface area contributed by atoms with Crippen LogP contribution in [0.4, 0.5) is 0 Å². The third-order valence-corrected chi connectivity index (χ3v) is 2.86.